The van der Waals surface area contributed by atoms with Crippen molar-refractivity contribution in [1.82, 2.24) is 9.88 Å². The number of nitrogens with one attached hydrogen (secondary N) is 1. The number of piperazine rings is 1. The molecular formula is C17H20N4OS3. The molecule has 2 fully saturated rings. The lowest BCUT2D eigenvalue weighted by atomic mass is 10.2. The van der Waals surface area contributed by atoms with Crippen LogP contribution in [0.3, 0.4) is 0 Å². The minimum absolute atomic E-state index is 0.0114. The number of thioether (sulfide) groups is 2. The predicted molar refractivity (Wildman–Crippen MR) is 109 cm³/mol. The molecule has 8 heteroatoms. The van der Waals surface area contributed by atoms with Crippen molar-refractivity contribution in [1.29, 1.82) is 0 Å². The summed E-state index contributed by atoms with van der Waals surface area (Å²) in [4.78, 5) is 21.0. The minimum Gasteiger partial charge on any atom is -0.345 e. The highest BCUT2D eigenvalue weighted by atomic mass is 32.2. The number of anilines is 2. The molecule has 2 aliphatic heterocycles. The zero-order valence-electron chi connectivity index (χ0n) is 13.8. The van der Waals surface area contributed by atoms with Crippen LogP contribution in [-0.2, 0) is 0 Å². The first-order valence-corrected chi connectivity index (χ1v) is 11.3. The average Bonchev–Trinajstić information content (AvgIpc) is 3.36. The van der Waals surface area contributed by atoms with E-state index in [-0.39, 0.29) is 6.03 Å². The van der Waals surface area contributed by atoms with E-state index in [2.05, 4.69) is 27.3 Å². The molecule has 2 amide bonds. The summed E-state index contributed by atoms with van der Waals surface area (Å²) in [5.74, 6) is 2.41. The molecule has 0 spiro atoms. The second-order valence-corrected chi connectivity index (χ2v) is 9.52. The summed E-state index contributed by atoms with van der Waals surface area (Å²) >= 11 is 5.61. The zero-order chi connectivity index (χ0) is 17.1. The van der Waals surface area contributed by atoms with Crippen LogP contribution in [0.4, 0.5) is 15.6 Å². The summed E-state index contributed by atoms with van der Waals surface area (Å²) in [6.07, 6.45) is 1.83. The summed E-state index contributed by atoms with van der Waals surface area (Å²) in [5, 5.41) is 6.09. The predicted octanol–water partition coefficient (Wildman–Crippen LogP) is 3.98. The Hall–Kier alpha value is -1.38. The van der Waals surface area contributed by atoms with E-state index < -0.39 is 0 Å². The zero-order valence-corrected chi connectivity index (χ0v) is 16.2. The van der Waals surface area contributed by atoms with Crippen LogP contribution < -0.4 is 10.2 Å². The van der Waals surface area contributed by atoms with Gasteiger partial charge in [-0.15, -0.1) is 34.9 Å². The molecule has 2 aliphatic rings. The van der Waals surface area contributed by atoms with Crippen LogP contribution in [0, 0.1) is 0 Å². The summed E-state index contributed by atoms with van der Waals surface area (Å²) < 4.78 is 0.499. The number of hydrogen-bond acceptors (Lipinski definition) is 6. The van der Waals surface area contributed by atoms with Gasteiger partial charge in [-0.2, -0.15) is 0 Å². The standard InChI is InChI=1S/C17H20N4OS3/c22-16(20-5-7-21(8-6-20)17-18-4-9-25-17)19-14-3-1-2-13(12-14)15-23-10-11-24-15/h1-4,9,12,15H,5-8,10-11H2,(H,19,22). The van der Waals surface area contributed by atoms with Gasteiger partial charge in [0.15, 0.2) is 5.13 Å². The van der Waals surface area contributed by atoms with Gasteiger partial charge in [-0.05, 0) is 17.7 Å². The molecule has 0 saturated carbocycles. The molecule has 25 heavy (non-hydrogen) atoms. The summed E-state index contributed by atoms with van der Waals surface area (Å²) in [5.41, 5.74) is 2.18. The number of carbonyl (C=O) groups excluding carboxylic acids is 1. The number of amides is 2. The maximum Gasteiger partial charge on any atom is 0.321 e. The Kier molecular flexibility index (Phi) is 5.38. The number of carbonyl (C=O) groups is 1. The fourth-order valence-electron chi connectivity index (χ4n) is 2.99. The van der Waals surface area contributed by atoms with Crippen molar-refractivity contribution in [3.8, 4) is 0 Å². The van der Waals surface area contributed by atoms with E-state index in [1.807, 2.05) is 52.1 Å². The molecule has 1 N–H and O–H groups in total. The van der Waals surface area contributed by atoms with Crippen molar-refractivity contribution in [3.05, 3.63) is 41.4 Å². The van der Waals surface area contributed by atoms with E-state index in [9.17, 15) is 4.79 Å². The van der Waals surface area contributed by atoms with E-state index in [0.29, 0.717) is 4.58 Å². The lowest BCUT2D eigenvalue weighted by Crippen LogP contribution is -2.50. The molecule has 1 aromatic heterocycles. The van der Waals surface area contributed by atoms with Gasteiger partial charge in [-0.3, -0.25) is 0 Å². The first-order chi connectivity index (χ1) is 12.3. The number of aromatic nitrogens is 1. The Morgan fingerprint density at radius 1 is 1.16 bits per heavy atom. The van der Waals surface area contributed by atoms with Crippen molar-refractivity contribution < 1.29 is 4.79 Å². The highest BCUT2D eigenvalue weighted by Crippen LogP contribution is 2.45. The van der Waals surface area contributed by atoms with Crippen LogP contribution in [0.15, 0.2) is 35.8 Å². The molecule has 2 saturated heterocycles. The molecule has 0 bridgehead atoms. The van der Waals surface area contributed by atoms with Gasteiger partial charge < -0.3 is 15.1 Å². The molecule has 132 valence electrons. The van der Waals surface area contributed by atoms with Gasteiger partial charge in [-0.25, -0.2) is 9.78 Å². The molecule has 0 atom stereocenters. The molecule has 0 aliphatic carbocycles. The quantitative estimate of drug-likeness (QED) is 0.856. The SMILES string of the molecule is O=C(Nc1cccc(C2SCCS2)c1)N1CCN(c2nccs2)CC1. The molecule has 2 aromatic rings. The van der Waals surface area contributed by atoms with Crippen LogP contribution >= 0.6 is 34.9 Å². The molecule has 0 radical (unpaired) electrons. The first kappa shape index (κ1) is 17.1. The second-order valence-electron chi connectivity index (χ2n) is 5.92. The number of rotatable bonds is 3. The summed E-state index contributed by atoms with van der Waals surface area (Å²) in [7, 11) is 0. The van der Waals surface area contributed by atoms with Crippen molar-refractivity contribution in [2.75, 3.05) is 47.9 Å². The summed E-state index contributed by atoms with van der Waals surface area (Å²) in [6.45, 7) is 3.10. The second kappa shape index (κ2) is 7.88. The third kappa shape index (κ3) is 4.07. The monoisotopic (exact) mass is 392 g/mol. The topological polar surface area (TPSA) is 48.5 Å². The van der Waals surface area contributed by atoms with Gasteiger partial charge in [0.05, 0.1) is 4.58 Å². The van der Waals surface area contributed by atoms with Crippen molar-refractivity contribution in [2.45, 2.75) is 4.58 Å². The van der Waals surface area contributed by atoms with E-state index in [0.717, 1.165) is 37.0 Å². The van der Waals surface area contributed by atoms with Crippen LogP contribution in [0.1, 0.15) is 10.1 Å². The molecule has 1 aromatic carbocycles. The fraction of sp³-hybridized carbons (Fsp3) is 0.412. The average molecular weight is 393 g/mol. The highest BCUT2D eigenvalue weighted by molar-refractivity contribution is 8.19. The van der Waals surface area contributed by atoms with Crippen molar-refractivity contribution in [2.24, 2.45) is 0 Å². The molecule has 4 rings (SSSR count). The van der Waals surface area contributed by atoms with Crippen molar-refractivity contribution in [3.63, 3.8) is 0 Å². The number of thiazole rings is 1. The number of benzene rings is 1. The van der Waals surface area contributed by atoms with Gasteiger partial charge in [0, 0.05) is 54.9 Å². The van der Waals surface area contributed by atoms with Crippen LogP contribution in [0.2, 0.25) is 0 Å². The van der Waals surface area contributed by atoms with E-state index >= 15 is 0 Å². The molecule has 5 nitrogen and oxygen atoms in total. The Balaban J connectivity index is 1.34. The molecular weight excluding hydrogens is 372 g/mol. The number of nitrogens with zero attached hydrogens (tertiary/aromatic N) is 3. The normalized spacial score (nSPS) is 18.6. The smallest absolute Gasteiger partial charge is 0.321 e. The lowest BCUT2D eigenvalue weighted by molar-refractivity contribution is 0.208. The van der Waals surface area contributed by atoms with E-state index in [4.69, 9.17) is 0 Å². The lowest BCUT2D eigenvalue weighted by Gasteiger charge is -2.34. The maximum atomic E-state index is 12.6. The fourth-order valence-corrected chi connectivity index (χ4v) is 6.52. The third-order valence-electron chi connectivity index (χ3n) is 4.29. The number of urea groups is 1. The highest BCUT2D eigenvalue weighted by Gasteiger charge is 2.23. The Bertz CT molecular complexity index is 710. The van der Waals surface area contributed by atoms with Gasteiger partial charge in [-0.1, -0.05) is 12.1 Å². The van der Waals surface area contributed by atoms with E-state index in [1.54, 1.807) is 11.3 Å². The maximum absolute atomic E-state index is 12.6. The van der Waals surface area contributed by atoms with Gasteiger partial charge in [0.1, 0.15) is 0 Å². The Labute approximate surface area is 160 Å². The molecule has 0 unspecified atom stereocenters. The molecule has 3 heterocycles. The van der Waals surface area contributed by atoms with Gasteiger partial charge >= 0.3 is 6.03 Å². The van der Waals surface area contributed by atoms with E-state index in [1.165, 1.54) is 17.1 Å². The van der Waals surface area contributed by atoms with Crippen LogP contribution in [0.5, 0.6) is 0 Å². The van der Waals surface area contributed by atoms with Crippen molar-refractivity contribution >= 4 is 51.7 Å². The largest absolute Gasteiger partial charge is 0.345 e. The summed E-state index contributed by atoms with van der Waals surface area (Å²) in [6, 6.07) is 8.25. The number of hydrogen-bond donors (Lipinski definition) is 1. The minimum atomic E-state index is -0.0114. The Morgan fingerprint density at radius 2 is 1.96 bits per heavy atom. The van der Waals surface area contributed by atoms with Gasteiger partial charge in [0.25, 0.3) is 0 Å². The van der Waals surface area contributed by atoms with Crippen LogP contribution in [-0.4, -0.2) is 53.6 Å². The van der Waals surface area contributed by atoms with Crippen LogP contribution in [0.25, 0.3) is 0 Å². The third-order valence-corrected chi connectivity index (χ3v) is 8.23. The van der Waals surface area contributed by atoms with Gasteiger partial charge in [0.2, 0.25) is 0 Å². The Morgan fingerprint density at radius 3 is 2.68 bits per heavy atom. The first-order valence-electron chi connectivity index (χ1n) is 8.33.